The van der Waals surface area contributed by atoms with Gasteiger partial charge >= 0.3 is 0 Å². The summed E-state index contributed by atoms with van der Waals surface area (Å²) in [5, 5.41) is 7.91. The normalized spacial score (nSPS) is 16.2. The zero-order valence-corrected chi connectivity index (χ0v) is 8.38. The van der Waals surface area contributed by atoms with Crippen molar-refractivity contribution in [3.8, 4) is 0 Å². The van der Waals surface area contributed by atoms with E-state index in [1.807, 2.05) is 0 Å². The summed E-state index contributed by atoms with van der Waals surface area (Å²) < 4.78 is 2.13. The third kappa shape index (κ3) is 1.91. The zero-order valence-electron chi connectivity index (χ0n) is 8.38. The molecule has 0 unspecified atom stereocenters. The SMILES string of the molecule is CC(C)Cc1cc2n(n1)CCNC2. The van der Waals surface area contributed by atoms with Crippen LogP contribution in [0.3, 0.4) is 0 Å². The van der Waals surface area contributed by atoms with Gasteiger partial charge in [0.25, 0.3) is 0 Å². The Kier molecular flexibility index (Phi) is 2.36. The van der Waals surface area contributed by atoms with Crippen LogP contribution in [0.25, 0.3) is 0 Å². The van der Waals surface area contributed by atoms with Crippen molar-refractivity contribution in [2.75, 3.05) is 6.54 Å². The number of hydrogen-bond donors (Lipinski definition) is 1. The van der Waals surface area contributed by atoms with E-state index < -0.39 is 0 Å². The fraction of sp³-hybridized carbons (Fsp3) is 0.700. The van der Waals surface area contributed by atoms with E-state index in [2.05, 4.69) is 35.0 Å². The number of hydrogen-bond acceptors (Lipinski definition) is 2. The Hall–Kier alpha value is -0.830. The van der Waals surface area contributed by atoms with Gasteiger partial charge in [-0.25, -0.2) is 0 Å². The molecule has 1 aliphatic rings. The Morgan fingerprint density at radius 2 is 2.46 bits per heavy atom. The average Bonchev–Trinajstić information content (AvgIpc) is 2.44. The van der Waals surface area contributed by atoms with Gasteiger partial charge in [-0.3, -0.25) is 4.68 Å². The highest BCUT2D eigenvalue weighted by atomic mass is 15.3. The van der Waals surface area contributed by atoms with Crippen LogP contribution in [0, 0.1) is 5.92 Å². The smallest absolute Gasteiger partial charge is 0.0630 e. The maximum atomic E-state index is 4.57. The van der Waals surface area contributed by atoms with Gasteiger partial charge in [-0.2, -0.15) is 5.10 Å². The second kappa shape index (κ2) is 3.50. The highest BCUT2D eigenvalue weighted by Gasteiger charge is 2.11. The van der Waals surface area contributed by atoms with E-state index in [1.54, 1.807) is 0 Å². The monoisotopic (exact) mass is 179 g/mol. The molecule has 3 nitrogen and oxygen atoms in total. The highest BCUT2D eigenvalue weighted by Crippen LogP contribution is 2.11. The van der Waals surface area contributed by atoms with Crippen molar-refractivity contribution in [2.24, 2.45) is 5.92 Å². The molecule has 0 aromatic carbocycles. The number of rotatable bonds is 2. The fourth-order valence-electron chi connectivity index (χ4n) is 1.77. The van der Waals surface area contributed by atoms with Crippen LogP contribution >= 0.6 is 0 Å². The molecule has 0 atom stereocenters. The van der Waals surface area contributed by atoms with E-state index in [4.69, 9.17) is 0 Å². The summed E-state index contributed by atoms with van der Waals surface area (Å²) in [7, 11) is 0. The Balaban J connectivity index is 2.15. The third-order valence-electron chi connectivity index (χ3n) is 2.34. The predicted molar refractivity (Wildman–Crippen MR) is 52.5 cm³/mol. The van der Waals surface area contributed by atoms with Crippen molar-refractivity contribution in [1.82, 2.24) is 15.1 Å². The molecule has 72 valence electrons. The molecule has 1 aromatic rings. The lowest BCUT2D eigenvalue weighted by Crippen LogP contribution is -2.28. The molecule has 13 heavy (non-hydrogen) atoms. The van der Waals surface area contributed by atoms with Crippen LogP contribution in [0.5, 0.6) is 0 Å². The van der Waals surface area contributed by atoms with Crippen LogP contribution in [0.15, 0.2) is 6.07 Å². The molecule has 0 bridgehead atoms. The first-order valence-corrected chi connectivity index (χ1v) is 5.02. The van der Waals surface area contributed by atoms with E-state index >= 15 is 0 Å². The van der Waals surface area contributed by atoms with E-state index in [9.17, 15) is 0 Å². The summed E-state index contributed by atoms with van der Waals surface area (Å²) >= 11 is 0. The second-order valence-electron chi connectivity index (χ2n) is 4.12. The van der Waals surface area contributed by atoms with Gasteiger partial charge in [0, 0.05) is 13.1 Å². The zero-order chi connectivity index (χ0) is 9.26. The molecule has 0 saturated carbocycles. The molecule has 0 fully saturated rings. The first-order chi connectivity index (χ1) is 6.25. The molecule has 0 saturated heterocycles. The molecule has 1 aromatic heterocycles. The second-order valence-corrected chi connectivity index (χ2v) is 4.12. The Labute approximate surface area is 79.1 Å². The topological polar surface area (TPSA) is 29.9 Å². The fourth-order valence-corrected chi connectivity index (χ4v) is 1.77. The first kappa shape index (κ1) is 8.75. The van der Waals surface area contributed by atoms with Crippen molar-refractivity contribution in [3.05, 3.63) is 17.5 Å². The van der Waals surface area contributed by atoms with Crippen LogP contribution in [0.1, 0.15) is 25.2 Å². The summed E-state index contributed by atoms with van der Waals surface area (Å²) in [6, 6.07) is 2.23. The molecule has 0 amide bonds. The van der Waals surface area contributed by atoms with Crippen LogP contribution < -0.4 is 5.32 Å². The average molecular weight is 179 g/mol. The Morgan fingerprint density at radius 3 is 3.15 bits per heavy atom. The summed E-state index contributed by atoms with van der Waals surface area (Å²) in [5.41, 5.74) is 2.58. The van der Waals surface area contributed by atoms with E-state index in [0.717, 1.165) is 26.1 Å². The lowest BCUT2D eigenvalue weighted by molar-refractivity contribution is 0.471. The van der Waals surface area contributed by atoms with Crippen LogP contribution in [0.2, 0.25) is 0 Å². The molecule has 3 heteroatoms. The molecular weight excluding hydrogens is 162 g/mol. The van der Waals surface area contributed by atoms with Crippen LogP contribution in [0.4, 0.5) is 0 Å². The number of fused-ring (bicyclic) bond motifs is 1. The van der Waals surface area contributed by atoms with Crippen molar-refractivity contribution >= 4 is 0 Å². The Morgan fingerprint density at radius 1 is 1.62 bits per heavy atom. The minimum atomic E-state index is 0.699. The standard InChI is InChI=1S/C10H17N3/c1-8(2)5-9-6-10-7-11-3-4-13(10)12-9/h6,8,11H,3-5,7H2,1-2H3. The maximum absolute atomic E-state index is 4.57. The van der Waals surface area contributed by atoms with E-state index in [0.29, 0.717) is 5.92 Å². The van der Waals surface area contributed by atoms with Crippen molar-refractivity contribution < 1.29 is 0 Å². The van der Waals surface area contributed by atoms with Crippen molar-refractivity contribution in [2.45, 2.75) is 33.4 Å². The van der Waals surface area contributed by atoms with Gasteiger partial charge in [-0.1, -0.05) is 13.8 Å². The molecule has 0 spiro atoms. The van der Waals surface area contributed by atoms with Gasteiger partial charge in [0.05, 0.1) is 17.9 Å². The van der Waals surface area contributed by atoms with Gasteiger partial charge in [0.15, 0.2) is 0 Å². The third-order valence-corrected chi connectivity index (χ3v) is 2.34. The number of nitrogens with zero attached hydrogens (tertiary/aromatic N) is 2. The number of aromatic nitrogens is 2. The Bertz CT molecular complexity index is 265. The molecule has 0 radical (unpaired) electrons. The minimum Gasteiger partial charge on any atom is -0.309 e. The van der Waals surface area contributed by atoms with Gasteiger partial charge in [-0.15, -0.1) is 0 Å². The molecule has 2 rings (SSSR count). The van der Waals surface area contributed by atoms with Gasteiger partial charge in [-0.05, 0) is 18.4 Å². The van der Waals surface area contributed by atoms with Gasteiger partial charge in [0.2, 0.25) is 0 Å². The first-order valence-electron chi connectivity index (χ1n) is 5.02. The minimum absolute atomic E-state index is 0.699. The predicted octanol–water partition coefficient (Wildman–Crippen LogP) is 1.18. The number of nitrogens with one attached hydrogen (secondary N) is 1. The van der Waals surface area contributed by atoms with E-state index in [1.165, 1.54) is 11.4 Å². The molecule has 0 aliphatic carbocycles. The summed E-state index contributed by atoms with van der Waals surface area (Å²) in [6.07, 6.45) is 1.10. The van der Waals surface area contributed by atoms with E-state index in [-0.39, 0.29) is 0 Å². The highest BCUT2D eigenvalue weighted by molar-refractivity contribution is 5.12. The quantitative estimate of drug-likeness (QED) is 0.739. The van der Waals surface area contributed by atoms with Crippen LogP contribution in [-0.2, 0) is 19.5 Å². The molecule has 1 N–H and O–H groups in total. The van der Waals surface area contributed by atoms with Gasteiger partial charge < -0.3 is 5.32 Å². The molecule has 1 aliphatic heterocycles. The van der Waals surface area contributed by atoms with Crippen molar-refractivity contribution in [3.63, 3.8) is 0 Å². The van der Waals surface area contributed by atoms with Gasteiger partial charge in [0.1, 0.15) is 0 Å². The maximum Gasteiger partial charge on any atom is 0.0630 e. The largest absolute Gasteiger partial charge is 0.309 e. The summed E-state index contributed by atoms with van der Waals surface area (Å²) in [5.74, 6) is 0.699. The van der Waals surface area contributed by atoms with Crippen LogP contribution in [-0.4, -0.2) is 16.3 Å². The van der Waals surface area contributed by atoms with Crippen molar-refractivity contribution in [1.29, 1.82) is 0 Å². The summed E-state index contributed by atoms with van der Waals surface area (Å²) in [4.78, 5) is 0. The lowest BCUT2D eigenvalue weighted by atomic mass is 10.1. The lowest BCUT2D eigenvalue weighted by Gasteiger charge is -2.13. The molecule has 2 heterocycles. The summed E-state index contributed by atoms with van der Waals surface area (Å²) in [6.45, 7) is 7.52. The molecular formula is C10H17N3.